The topological polar surface area (TPSA) is 12.0 Å². The van der Waals surface area contributed by atoms with Crippen molar-refractivity contribution in [3.63, 3.8) is 0 Å². The molecule has 0 aromatic heterocycles. The lowest BCUT2D eigenvalue weighted by Crippen LogP contribution is -1.92. The third-order valence-corrected chi connectivity index (χ3v) is 4.15. The average Bonchev–Trinajstić information content (AvgIpc) is 2.46. The predicted octanol–water partition coefficient (Wildman–Crippen LogP) is 4.93. The zero-order chi connectivity index (χ0) is 13.0. The molecule has 0 saturated carbocycles. The molecule has 0 amide bonds. The Morgan fingerprint density at radius 1 is 0.684 bits per heavy atom. The van der Waals surface area contributed by atoms with Crippen LogP contribution in [0, 0.1) is 6.92 Å². The first-order valence-corrected chi connectivity index (χ1v) is 6.64. The minimum atomic E-state index is 1.20. The normalized spacial score (nSPS) is 11.7. The summed E-state index contributed by atoms with van der Waals surface area (Å²) in [4.78, 5) is 0. The largest absolute Gasteiger partial charge is 0.388 e. The SMILES string of the molecule is CNc1ccc2ccc3c(C)ccc4ccc1c2c43. The van der Waals surface area contributed by atoms with Crippen LogP contribution in [0.2, 0.25) is 0 Å². The first kappa shape index (κ1) is 10.6. The van der Waals surface area contributed by atoms with Crippen molar-refractivity contribution in [1.82, 2.24) is 0 Å². The Morgan fingerprint density at radius 3 is 2.00 bits per heavy atom. The standard InChI is InChI=1S/C18H15N/c1-11-3-4-12-6-9-15-16(19-2)10-7-13-5-8-14(11)17(12)18(13)15/h3-10,19H,1-2H3. The number of aryl methyl sites for hydroxylation is 1. The van der Waals surface area contributed by atoms with E-state index in [0.717, 1.165) is 0 Å². The highest BCUT2D eigenvalue weighted by Crippen LogP contribution is 2.38. The molecule has 19 heavy (non-hydrogen) atoms. The molecule has 0 unspecified atom stereocenters. The van der Waals surface area contributed by atoms with E-state index < -0.39 is 0 Å². The Hall–Kier alpha value is -2.28. The molecule has 1 heteroatoms. The molecule has 0 atom stereocenters. The number of nitrogens with one attached hydrogen (secondary N) is 1. The minimum Gasteiger partial charge on any atom is -0.388 e. The van der Waals surface area contributed by atoms with E-state index in [1.165, 1.54) is 43.6 Å². The number of hydrogen-bond acceptors (Lipinski definition) is 1. The molecule has 0 fully saturated rings. The molecule has 4 aromatic carbocycles. The van der Waals surface area contributed by atoms with Crippen molar-refractivity contribution in [1.29, 1.82) is 0 Å². The Kier molecular flexibility index (Phi) is 2.02. The Balaban J connectivity index is 2.39. The minimum absolute atomic E-state index is 1.20. The second kappa shape index (κ2) is 3.61. The van der Waals surface area contributed by atoms with Crippen molar-refractivity contribution in [3.8, 4) is 0 Å². The van der Waals surface area contributed by atoms with Gasteiger partial charge in [-0.15, -0.1) is 0 Å². The van der Waals surface area contributed by atoms with E-state index in [2.05, 4.69) is 60.8 Å². The summed E-state index contributed by atoms with van der Waals surface area (Å²) in [5, 5.41) is 11.4. The molecule has 0 saturated heterocycles. The van der Waals surface area contributed by atoms with Gasteiger partial charge in [-0.2, -0.15) is 0 Å². The van der Waals surface area contributed by atoms with Gasteiger partial charge in [0.05, 0.1) is 0 Å². The van der Waals surface area contributed by atoms with Crippen LogP contribution in [0.15, 0.2) is 48.5 Å². The van der Waals surface area contributed by atoms with Gasteiger partial charge in [-0.1, -0.05) is 42.5 Å². The van der Waals surface area contributed by atoms with Crippen LogP contribution in [0.1, 0.15) is 5.56 Å². The molecule has 0 spiro atoms. The predicted molar refractivity (Wildman–Crippen MR) is 84.4 cm³/mol. The fourth-order valence-electron chi connectivity index (χ4n) is 3.16. The zero-order valence-electron chi connectivity index (χ0n) is 11.1. The van der Waals surface area contributed by atoms with Crippen LogP contribution in [0.25, 0.3) is 32.3 Å². The van der Waals surface area contributed by atoms with Gasteiger partial charge in [-0.3, -0.25) is 0 Å². The summed E-state index contributed by atoms with van der Waals surface area (Å²) in [7, 11) is 1.98. The lowest BCUT2D eigenvalue weighted by Gasteiger charge is -2.14. The van der Waals surface area contributed by atoms with Crippen molar-refractivity contribution in [3.05, 3.63) is 54.1 Å². The fraction of sp³-hybridized carbons (Fsp3) is 0.111. The molecular formula is C18H15N. The first-order valence-electron chi connectivity index (χ1n) is 6.64. The van der Waals surface area contributed by atoms with E-state index in [9.17, 15) is 0 Å². The number of anilines is 1. The molecular weight excluding hydrogens is 230 g/mol. The summed E-state index contributed by atoms with van der Waals surface area (Å²) in [5.74, 6) is 0. The van der Waals surface area contributed by atoms with Gasteiger partial charge in [0.15, 0.2) is 0 Å². The average molecular weight is 245 g/mol. The number of hydrogen-bond donors (Lipinski definition) is 1. The number of benzene rings is 4. The lowest BCUT2D eigenvalue weighted by atomic mass is 9.92. The van der Waals surface area contributed by atoms with Gasteiger partial charge in [-0.25, -0.2) is 0 Å². The first-order chi connectivity index (χ1) is 9.29. The van der Waals surface area contributed by atoms with E-state index in [-0.39, 0.29) is 0 Å². The highest BCUT2D eigenvalue weighted by atomic mass is 14.8. The second-order valence-corrected chi connectivity index (χ2v) is 5.17. The number of rotatable bonds is 1. The maximum Gasteiger partial charge on any atom is 0.0417 e. The van der Waals surface area contributed by atoms with E-state index >= 15 is 0 Å². The lowest BCUT2D eigenvalue weighted by molar-refractivity contribution is 1.54. The molecule has 1 nitrogen and oxygen atoms in total. The van der Waals surface area contributed by atoms with Crippen molar-refractivity contribution in [2.24, 2.45) is 0 Å². The molecule has 4 rings (SSSR count). The van der Waals surface area contributed by atoms with Gasteiger partial charge in [-0.05, 0) is 45.5 Å². The Labute approximate surface area is 112 Å². The molecule has 1 N–H and O–H groups in total. The van der Waals surface area contributed by atoms with Crippen molar-refractivity contribution < 1.29 is 0 Å². The molecule has 0 aliphatic heterocycles. The van der Waals surface area contributed by atoms with Crippen LogP contribution in [0.4, 0.5) is 5.69 Å². The summed E-state index contributed by atoms with van der Waals surface area (Å²) >= 11 is 0. The molecule has 0 heterocycles. The summed E-state index contributed by atoms with van der Waals surface area (Å²) in [5.41, 5.74) is 2.54. The summed E-state index contributed by atoms with van der Waals surface area (Å²) in [6, 6.07) is 17.7. The van der Waals surface area contributed by atoms with Crippen LogP contribution in [0.5, 0.6) is 0 Å². The second-order valence-electron chi connectivity index (χ2n) is 5.17. The zero-order valence-corrected chi connectivity index (χ0v) is 11.1. The van der Waals surface area contributed by atoms with Gasteiger partial charge in [0, 0.05) is 18.1 Å². The molecule has 0 aliphatic carbocycles. The molecule has 0 aliphatic rings. The summed E-state index contributed by atoms with van der Waals surface area (Å²) in [6.07, 6.45) is 0. The smallest absolute Gasteiger partial charge is 0.0417 e. The highest BCUT2D eigenvalue weighted by molar-refractivity contribution is 6.25. The molecule has 4 aromatic rings. The fourth-order valence-corrected chi connectivity index (χ4v) is 3.16. The quantitative estimate of drug-likeness (QED) is 0.469. The van der Waals surface area contributed by atoms with Crippen LogP contribution in [-0.2, 0) is 0 Å². The van der Waals surface area contributed by atoms with E-state index in [1.807, 2.05) is 7.05 Å². The highest BCUT2D eigenvalue weighted by Gasteiger charge is 2.10. The van der Waals surface area contributed by atoms with Gasteiger partial charge in [0.2, 0.25) is 0 Å². The van der Waals surface area contributed by atoms with Gasteiger partial charge in [0.1, 0.15) is 0 Å². The Morgan fingerprint density at radius 2 is 1.26 bits per heavy atom. The van der Waals surface area contributed by atoms with Crippen LogP contribution < -0.4 is 5.32 Å². The molecule has 0 bridgehead atoms. The monoisotopic (exact) mass is 245 g/mol. The maximum atomic E-state index is 3.30. The Bertz CT molecular complexity index is 906. The van der Waals surface area contributed by atoms with E-state index in [0.29, 0.717) is 0 Å². The van der Waals surface area contributed by atoms with E-state index in [1.54, 1.807) is 0 Å². The van der Waals surface area contributed by atoms with Crippen molar-refractivity contribution >= 4 is 38.0 Å². The van der Waals surface area contributed by atoms with Crippen LogP contribution in [0.3, 0.4) is 0 Å². The third kappa shape index (κ3) is 1.30. The van der Waals surface area contributed by atoms with Gasteiger partial charge < -0.3 is 5.32 Å². The van der Waals surface area contributed by atoms with Gasteiger partial charge >= 0.3 is 0 Å². The molecule has 92 valence electrons. The van der Waals surface area contributed by atoms with Crippen molar-refractivity contribution in [2.45, 2.75) is 6.92 Å². The maximum absolute atomic E-state index is 3.30. The summed E-state index contributed by atoms with van der Waals surface area (Å²) in [6.45, 7) is 2.19. The van der Waals surface area contributed by atoms with Crippen molar-refractivity contribution in [2.75, 3.05) is 12.4 Å². The van der Waals surface area contributed by atoms with Crippen LogP contribution in [-0.4, -0.2) is 7.05 Å². The third-order valence-electron chi connectivity index (χ3n) is 4.15. The van der Waals surface area contributed by atoms with Crippen LogP contribution >= 0.6 is 0 Å². The van der Waals surface area contributed by atoms with Gasteiger partial charge in [0.25, 0.3) is 0 Å². The van der Waals surface area contributed by atoms with E-state index in [4.69, 9.17) is 0 Å². The summed E-state index contributed by atoms with van der Waals surface area (Å²) < 4.78 is 0. The molecule has 0 radical (unpaired) electrons.